The minimum Gasteiger partial charge on any atom is -0.271 e. The average Bonchev–Trinajstić information content (AvgIpc) is 2.77. The first kappa shape index (κ1) is 9.67. The topological polar surface area (TPSA) is 78.0 Å². The Morgan fingerprint density at radius 1 is 1.57 bits per heavy atom. The molecule has 1 aromatic heterocycles. The van der Waals surface area contributed by atoms with Crippen molar-refractivity contribution < 1.29 is 8.42 Å². The van der Waals surface area contributed by atoms with Crippen LogP contribution in [0, 0.1) is 5.92 Å². The number of nitrogens with two attached hydrogens (primary N) is 1. The molecule has 0 aliphatic heterocycles. The molecule has 0 unspecified atom stereocenters. The van der Waals surface area contributed by atoms with Gasteiger partial charge < -0.3 is 0 Å². The minimum absolute atomic E-state index is 0.0910. The maximum Gasteiger partial charge on any atom is 0.241 e. The van der Waals surface area contributed by atoms with Crippen molar-refractivity contribution in [2.75, 3.05) is 0 Å². The molecule has 0 amide bonds. The van der Waals surface area contributed by atoms with Gasteiger partial charge in [-0.05, 0) is 12.3 Å². The molecule has 78 valence electrons. The summed E-state index contributed by atoms with van der Waals surface area (Å²) in [6.07, 6.45) is 6.44. The van der Waals surface area contributed by atoms with Gasteiger partial charge in [0.25, 0.3) is 0 Å². The molecule has 0 spiro atoms. The molecule has 1 fully saturated rings. The lowest BCUT2D eigenvalue weighted by Crippen LogP contribution is -2.11. The van der Waals surface area contributed by atoms with Crippen LogP contribution in [0.15, 0.2) is 17.3 Å². The molecule has 1 heterocycles. The molecule has 1 aliphatic carbocycles. The number of sulfonamides is 1. The molecule has 2 rings (SSSR count). The normalized spacial score (nSPS) is 17.2. The van der Waals surface area contributed by atoms with Gasteiger partial charge in [-0.15, -0.1) is 0 Å². The quantitative estimate of drug-likeness (QED) is 0.786. The Balaban J connectivity index is 2.01. The number of rotatable bonds is 4. The van der Waals surface area contributed by atoms with Gasteiger partial charge in [0.2, 0.25) is 10.0 Å². The second-order valence-corrected chi connectivity index (χ2v) is 5.28. The van der Waals surface area contributed by atoms with Crippen LogP contribution in [-0.4, -0.2) is 18.2 Å². The predicted molar refractivity (Wildman–Crippen MR) is 50.9 cm³/mol. The average molecular weight is 215 g/mol. The van der Waals surface area contributed by atoms with E-state index in [4.69, 9.17) is 5.14 Å². The van der Waals surface area contributed by atoms with Crippen molar-refractivity contribution in [3.05, 3.63) is 12.4 Å². The SMILES string of the molecule is NS(=O)(=O)c1cnn(CCC2CC2)c1. The van der Waals surface area contributed by atoms with Gasteiger partial charge in [0.15, 0.2) is 0 Å². The van der Waals surface area contributed by atoms with E-state index in [1.165, 1.54) is 25.2 Å². The Morgan fingerprint density at radius 2 is 2.29 bits per heavy atom. The van der Waals surface area contributed by atoms with Crippen molar-refractivity contribution >= 4 is 10.0 Å². The second-order valence-electron chi connectivity index (χ2n) is 3.72. The Morgan fingerprint density at radius 3 is 2.79 bits per heavy atom. The standard InChI is InChI=1S/C8H13N3O2S/c9-14(12,13)8-5-10-11(6-8)4-3-7-1-2-7/h5-7H,1-4H2,(H2,9,12,13). The van der Waals surface area contributed by atoms with Gasteiger partial charge in [0, 0.05) is 12.7 Å². The lowest BCUT2D eigenvalue weighted by Gasteiger charge is -1.98. The fraction of sp³-hybridized carbons (Fsp3) is 0.625. The summed E-state index contributed by atoms with van der Waals surface area (Å²) in [6.45, 7) is 0.778. The maximum absolute atomic E-state index is 10.9. The second kappa shape index (κ2) is 3.36. The van der Waals surface area contributed by atoms with E-state index in [1.54, 1.807) is 4.68 Å². The molecular formula is C8H13N3O2S. The van der Waals surface area contributed by atoms with Crippen LogP contribution in [0.3, 0.4) is 0 Å². The molecule has 2 N–H and O–H groups in total. The first-order chi connectivity index (χ1) is 6.55. The Hall–Kier alpha value is -0.880. The van der Waals surface area contributed by atoms with Crippen molar-refractivity contribution in [2.24, 2.45) is 11.1 Å². The number of hydrogen-bond acceptors (Lipinski definition) is 3. The van der Waals surface area contributed by atoms with Crippen LogP contribution in [0.5, 0.6) is 0 Å². The van der Waals surface area contributed by atoms with Gasteiger partial charge >= 0.3 is 0 Å². The van der Waals surface area contributed by atoms with Crippen molar-refractivity contribution in [3.8, 4) is 0 Å². The van der Waals surface area contributed by atoms with Crippen LogP contribution in [0.25, 0.3) is 0 Å². The zero-order chi connectivity index (χ0) is 10.2. The van der Waals surface area contributed by atoms with Gasteiger partial charge in [-0.1, -0.05) is 12.8 Å². The smallest absolute Gasteiger partial charge is 0.241 e. The number of primary sulfonamides is 1. The van der Waals surface area contributed by atoms with Crippen LogP contribution in [-0.2, 0) is 16.6 Å². The van der Waals surface area contributed by atoms with Crippen LogP contribution in [0.1, 0.15) is 19.3 Å². The van der Waals surface area contributed by atoms with Crippen LogP contribution in [0.2, 0.25) is 0 Å². The Labute approximate surface area is 83.0 Å². The van der Waals surface area contributed by atoms with Gasteiger partial charge in [-0.25, -0.2) is 13.6 Å². The van der Waals surface area contributed by atoms with Gasteiger partial charge in [-0.2, -0.15) is 5.10 Å². The number of aryl methyl sites for hydroxylation is 1. The molecule has 1 saturated carbocycles. The molecule has 0 aromatic carbocycles. The zero-order valence-electron chi connectivity index (χ0n) is 7.76. The fourth-order valence-corrected chi connectivity index (χ4v) is 1.80. The maximum atomic E-state index is 10.9. The summed E-state index contributed by atoms with van der Waals surface area (Å²) in [5.74, 6) is 0.817. The summed E-state index contributed by atoms with van der Waals surface area (Å²) in [7, 11) is -3.59. The van der Waals surface area contributed by atoms with E-state index in [0.29, 0.717) is 0 Å². The van der Waals surface area contributed by atoms with Gasteiger partial charge in [0.1, 0.15) is 4.90 Å². The number of aromatic nitrogens is 2. The monoisotopic (exact) mass is 215 g/mol. The van der Waals surface area contributed by atoms with E-state index in [-0.39, 0.29) is 4.90 Å². The fourth-order valence-electron chi connectivity index (χ4n) is 1.34. The molecular weight excluding hydrogens is 202 g/mol. The lowest BCUT2D eigenvalue weighted by molar-refractivity contribution is 0.545. The molecule has 1 aromatic rings. The van der Waals surface area contributed by atoms with E-state index >= 15 is 0 Å². The first-order valence-corrected chi connectivity index (χ1v) is 6.15. The minimum atomic E-state index is -3.59. The van der Waals surface area contributed by atoms with Gasteiger partial charge in [0.05, 0.1) is 6.20 Å². The highest BCUT2D eigenvalue weighted by molar-refractivity contribution is 7.89. The number of nitrogens with zero attached hydrogens (tertiary/aromatic N) is 2. The molecule has 0 bridgehead atoms. The molecule has 0 atom stereocenters. The summed E-state index contributed by atoms with van der Waals surface area (Å²) in [5.41, 5.74) is 0. The summed E-state index contributed by atoms with van der Waals surface area (Å²) in [6, 6.07) is 0. The molecule has 0 saturated heterocycles. The van der Waals surface area contributed by atoms with Crippen LogP contribution in [0.4, 0.5) is 0 Å². The van der Waals surface area contributed by atoms with Crippen molar-refractivity contribution in [1.82, 2.24) is 9.78 Å². The lowest BCUT2D eigenvalue weighted by atomic mass is 10.3. The highest BCUT2D eigenvalue weighted by Crippen LogP contribution is 2.32. The van der Waals surface area contributed by atoms with Crippen molar-refractivity contribution in [2.45, 2.75) is 30.7 Å². The highest BCUT2D eigenvalue weighted by Gasteiger charge is 2.21. The van der Waals surface area contributed by atoms with Crippen LogP contribution >= 0.6 is 0 Å². The predicted octanol–water partition coefficient (Wildman–Crippen LogP) is 0.331. The van der Waals surface area contributed by atoms with E-state index in [2.05, 4.69) is 5.10 Å². The molecule has 14 heavy (non-hydrogen) atoms. The third kappa shape index (κ3) is 2.33. The summed E-state index contributed by atoms with van der Waals surface area (Å²) >= 11 is 0. The Kier molecular flexibility index (Phi) is 2.32. The molecule has 1 aliphatic rings. The molecule has 6 heteroatoms. The van der Waals surface area contributed by atoms with Gasteiger partial charge in [-0.3, -0.25) is 4.68 Å². The summed E-state index contributed by atoms with van der Waals surface area (Å²) < 4.78 is 23.5. The first-order valence-electron chi connectivity index (χ1n) is 4.61. The van der Waals surface area contributed by atoms with Crippen molar-refractivity contribution in [3.63, 3.8) is 0 Å². The molecule has 5 nitrogen and oxygen atoms in total. The largest absolute Gasteiger partial charge is 0.271 e. The molecule has 0 radical (unpaired) electrons. The van der Waals surface area contributed by atoms with Crippen molar-refractivity contribution in [1.29, 1.82) is 0 Å². The number of hydrogen-bond donors (Lipinski definition) is 1. The van der Waals surface area contributed by atoms with Crippen LogP contribution < -0.4 is 5.14 Å². The Bertz CT molecular complexity index is 420. The summed E-state index contributed by atoms with van der Waals surface area (Å²) in [4.78, 5) is 0.0910. The highest BCUT2D eigenvalue weighted by atomic mass is 32.2. The van der Waals surface area contributed by atoms with E-state index in [9.17, 15) is 8.42 Å². The third-order valence-corrected chi connectivity index (χ3v) is 3.27. The third-order valence-electron chi connectivity index (χ3n) is 2.40. The van der Waals surface area contributed by atoms with E-state index in [1.807, 2.05) is 0 Å². The zero-order valence-corrected chi connectivity index (χ0v) is 8.57. The summed E-state index contributed by atoms with van der Waals surface area (Å²) in [5, 5.41) is 8.90. The van der Waals surface area contributed by atoms with E-state index in [0.717, 1.165) is 18.9 Å². The van der Waals surface area contributed by atoms with E-state index < -0.39 is 10.0 Å².